The Kier molecular flexibility index (Phi) is 6.39. The zero-order valence-electron chi connectivity index (χ0n) is 16.3. The third-order valence-electron chi connectivity index (χ3n) is 3.89. The summed E-state index contributed by atoms with van der Waals surface area (Å²) in [6.45, 7) is 4.57. The lowest BCUT2D eigenvalue weighted by molar-refractivity contribution is -0.137. The van der Waals surface area contributed by atoms with E-state index in [1.807, 2.05) is 13.8 Å². The fraction of sp³-hybridized carbons (Fsp3) is 0.238. The summed E-state index contributed by atoms with van der Waals surface area (Å²) in [5.41, 5.74) is -0.162. The molecule has 3 aromatic rings. The minimum Gasteiger partial charge on any atom is -0.493 e. The molecule has 30 heavy (non-hydrogen) atoms. The molecule has 2 N–H and O–H groups in total. The molecule has 0 fully saturated rings. The number of rotatable bonds is 7. The second-order valence-electron chi connectivity index (χ2n) is 6.94. The minimum absolute atomic E-state index is 0.0611. The molecule has 1 heterocycles. The molecular formula is C21H20F4N4O. The van der Waals surface area contributed by atoms with Gasteiger partial charge in [-0.1, -0.05) is 13.8 Å². The fourth-order valence-electron chi connectivity index (χ4n) is 2.44. The maximum absolute atomic E-state index is 13.4. The highest BCUT2D eigenvalue weighted by Gasteiger charge is 2.35. The monoisotopic (exact) mass is 420 g/mol. The van der Waals surface area contributed by atoms with Crippen molar-refractivity contribution in [3.63, 3.8) is 0 Å². The lowest BCUT2D eigenvalue weighted by Crippen LogP contribution is -2.12. The average molecular weight is 420 g/mol. The molecule has 1 aromatic heterocycles. The van der Waals surface area contributed by atoms with Gasteiger partial charge in [-0.25, -0.2) is 9.37 Å². The van der Waals surface area contributed by atoms with E-state index in [1.165, 1.54) is 24.3 Å². The summed E-state index contributed by atoms with van der Waals surface area (Å²) in [5, 5.41) is 5.44. The van der Waals surface area contributed by atoms with E-state index in [0.717, 1.165) is 0 Å². The molecule has 0 spiro atoms. The Morgan fingerprint density at radius 1 is 0.933 bits per heavy atom. The third kappa shape index (κ3) is 5.82. The summed E-state index contributed by atoms with van der Waals surface area (Å²) < 4.78 is 58.8. The van der Waals surface area contributed by atoms with Crippen molar-refractivity contribution in [2.24, 2.45) is 5.92 Å². The van der Waals surface area contributed by atoms with Crippen LogP contribution in [0.3, 0.4) is 0 Å². The number of nitrogens with zero attached hydrogens (tertiary/aromatic N) is 2. The number of halogens is 4. The number of alkyl halides is 3. The third-order valence-corrected chi connectivity index (χ3v) is 3.89. The molecule has 0 amide bonds. The van der Waals surface area contributed by atoms with Gasteiger partial charge in [0.1, 0.15) is 22.9 Å². The average Bonchev–Trinajstić information content (AvgIpc) is 2.68. The molecular weight excluding hydrogens is 400 g/mol. The second kappa shape index (κ2) is 8.98. The van der Waals surface area contributed by atoms with Crippen LogP contribution < -0.4 is 15.4 Å². The van der Waals surface area contributed by atoms with E-state index in [2.05, 4.69) is 20.6 Å². The van der Waals surface area contributed by atoms with Crippen molar-refractivity contribution in [3.05, 3.63) is 66.1 Å². The van der Waals surface area contributed by atoms with E-state index >= 15 is 0 Å². The maximum Gasteiger partial charge on any atom is 0.421 e. The Hall–Kier alpha value is -3.36. The molecule has 2 aromatic carbocycles. The number of benzene rings is 2. The van der Waals surface area contributed by atoms with E-state index in [4.69, 9.17) is 4.74 Å². The van der Waals surface area contributed by atoms with Gasteiger partial charge in [-0.05, 0) is 54.4 Å². The summed E-state index contributed by atoms with van der Waals surface area (Å²) in [7, 11) is 0. The first kappa shape index (κ1) is 21.4. The number of hydrogen-bond acceptors (Lipinski definition) is 5. The quantitative estimate of drug-likeness (QED) is 0.449. The molecule has 0 aliphatic carbocycles. The number of hydrogen-bond donors (Lipinski definition) is 2. The fourth-order valence-corrected chi connectivity index (χ4v) is 2.44. The smallest absolute Gasteiger partial charge is 0.421 e. The molecule has 158 valence electrons. The van der Waals surface area contributed by atoms with Crippen LogP contribution in [0.5, 0.6) is 5.75 Å². The van der Waals surface area contributed by atoms with E-state index in [0.29, 0.717) is 35.8 Å². The molecule has 0 atom stereocenters. The van der Waals surface area contributed by atoms with E-state index in [9.17, 15) is 17.6 Å². The topological polar surface area (TPSA) is 59.1 Å². The van der Waals surface area contributed by atoms with Crippen LogP contribution in [0.25, 0.3) is 0 Å². The van der Waals surface area contributed by atoms with Gasteiger partial charge >= 0.3 is 6.18 Å². The highest BCUT2D eigenvalue weighted by atomic mass is 19.4. The van der Waals surface area contributed by atoms with Crippen molar-refractivity contribution in [2.75, 3.05) is 17.2 Å². The lowest BCUT2D eigenvalue weighted by atomic mass is 10.2. The predicted molar refractivity (Wildman–Crippen MR) is 107 cm³/mol. The van der Waals surface area contributed by atoms with Crippen LogP contribution in [0.1, 0.15) is 19.4 Å². The highest BCUT2D eigenvalue weighted by Crippen LogP contribution is 2.35. The van der Waals surface area contributed by atoms with Crippen molar-refractivity contribution in [3.8, 4) is 5.75 Å². The van der Waals surface area contributed by atoms with Crippen LogP contribution in [-0.2, 0) is 6.18 Å². The SMILES string of the molecule is CC(C)COc1ccc(Nc2nc(Nc3ccc(F)cc3)ncc2C(F)(F)F)cc1. The molecule has 9 heteroatoms. The van der Waals surface area contributed by atoms with Crippen molar-refractivity contribution in [2.45, 2.75) is 20.0 Å². The van der Waals surface area contributed by atoms with Gasteiger partial charge in [-0.2, -0.15) is 18.2 Å². The maximum atomic E-state index is 13.4. The summed E-state index contributed by atoms with van der Waals surface area (Å²) in [6, 6.07) is 11.8. The van der Waals surface area contributed by atoms with Gasteiger partial charge in [-0.3, -0.25) is 0 Å². The number of nitrogens with one attached hydrogen (secondary N) is 2. The normalized spacial score (nSPS) is 11.4. The van der Waals surface area contributed by atoms with Crippen molar-refractivity contribution in [1.29, 1.82) is 0 Å². The van der Waals surface area contributed by atoms with Gasteiger partial charge in [0.2, 0.25) is 5.95 Å². The predicted octanol–water partition coefficient (Wildman–Crippen LogP) is 6.16. The first-order chi connectivity index (χ1) is 14.2. The Morgan fingerprint density at radius 3 is 2.13 bits per heavy atom. The summed E-state index contributed by atoms with van der Waals surface area (Å²) >= 11 is 0. The molecule has 3 rings (SSSR count). The number of anilines is 4. The lowest BCUT2D eigenvalue weighted by Gasteiger charge is -2.15. The van der Waals surface area contributed by atoms with Gasteiger partial charge < -0.3 is 15.4 Å². The van der Waals surface area contributed by atoms with Crippen LogP contribution in [0.15, 0.2) is 54.7 Å². The zero-order chi connectivity index (χ0) is 21.7. The first-order valence-electron chi connectivity index (χ1n) is 9.17. The van der Waals surface area contributed by atoms with E-state index < -0.39 is 23.4 Å². The van der Waals surface area contributed by atoms with Crippen LogP contribution >= 0.6 is 0 Å². The summed E-state index contributed by atoms with van der Waals surface area (Å²) in [4.78, 5) is 7.68. The molecule has 0 bridgehead atoms. The Labute approximate surface area is 171 Å². The van der Waals surface area contributed by atoms with Crippen molar-refractivity contribution in [1.82, 2.24) is 9.97 Å². The Morgan fingerprint density at radius 2 is 1.53 bits per heavy atom. The van der Waals surface area contributed by atoms with Gasteiger partial charge in [0.05, 0.1) is 6.61 Å². The summed E-state index contributed by atoms with van der Waals surface area (Å²) in [5.74, 6) is 0.0702. The molecule has 0 saturated heterocycles. The first-order valence-corrected chi connectivity index (χ1v) is 9.17. The van der Waals surface area contributed by atoms with Gasteiger partial charge in [-0.15, -0.1) is 0 Å². The van der Waals surface area contributed by atoms with Gasteiger partial charge in [0.15, 0.2) is 0 Å². The second-order valence-corrected chi connectivity index (χ2v) is 6.94. The van der Waals surface area contributed by atoms with Crippen LogP contribution in [-0.4, -0.2) is 16.6 Å². The van der Waals surface area contributed by atoms with Crippen LogP contribution in [0.2, 0.25) is 0 Å². The summed E-state index contributed by atoms with van der Waals surface area (Å²) in [6.07, 6.45) is -3.95. The minimum atomic E-state index is -4.64. The molecule has 0 unspecified atom stereocenters. The molecule has 0 radical (unpaired) electrons. The number of aromatic nitrogens is 2. The zero-order valence-corrected chi connectivity index (χ0v) is 16.3. The Balaban J connectivity index is 1.82. The van der Waals surface area contributed by atoms with E-state index in [1.54, 1.807) is 24.3 Å². The Bertz CT molecular complexity index is 974. The van der Waals surface area contributed by atoms with Gasteiger partial charge in [0, 0.05) is 17.6 Å². The van der Waals surface area contributed by atoms with Crippen molar-refractivity contribution >= 4 is 23.1 Å². The van der Waals surface area contributed by atoms with E-state index in [-0.39, 0.29) is 5.95 Å². The van der Waals surface area contributed by atoms with Gasteiger partial charge in [0.25, 0.3) is 0 Å². The molecule has 0 aliphatic heterocycles. The standard InChI is InChI=1S/C21H20F4N4O/c1-13(2)12-30-17-9-7-15(8-10-17)27-19-18(21(23,24)25)11-26-20(29-19)28-16-5-3-14(22)4-6-16/h3-11,13H,12H2,1-2H3,(H2,26,27,28,29). The van der Waals surface area contributed by atoms with Crippen LogP contribution in [0, 0.1) is 11.7 Å². The highest BCUT2D eigenvalue weighted by molar-refractivity contribution is 5.63. The largest absolute Gasteiger partial charge is 0.493 e. The molecule has 5 nitrogen and oxygen atoms in total. The molecule has 0 aliphatic rings. The van der Waals surface area contributed by atoms with Crippen LogP contribution in [0.4, 0.5) is 40.7 Å². The number of ether oxygens (including phenoxy) is 1. The van der Waals surface area contributed by atoms with Crippen molar-refractivity contribution < 1.29 is 22.3 Å². The molecule has 0 saturated carbocycles.